The number of hydrogen-bond donors (Lipinski definition) is 1. The molecule has 0 bridgehead atoms. The van der Waals surface area contributed by atoms with Crippen molar-refractivity contribution in [2.24, 2.45) is 0 Å². The van der Waals surface area contributed by atoms with E-state index in [1.165, 1.54) is 25.7 Å². The first-order valence-electron chi connectivity index (χ1n) is 7.28. The third-order valence-electron chi connectivity index (χ3n) is 3.83. The van der Waals surface area contributed by atoms with Gasteiger partial charge in [-0.2, -0.15) is 0 Å². The lowest BCUT2D eigenvalue weighted by molar-refractivity contribution is 0.289. The molecule has 0 atom stereocenters. The van der Waals surface area contributed by atoms with Gasteiger partial charge in [0.2, 0.25) is 0 Å². The minimum Gasteiger partial charge on any atom is -0.369 e. The van der Waals surface area contributed by atoms with Crippen LogP contribution in [0.4, 0.5) is 5.82 Å². The smallest absolute Gasteiger partial charge is 0.135 e. The number of halogens is 1. The summed E-state index contributed by atoms with van der Waals surface area (Å²) in [4.78, 5) is 11.4. The molecule has 0 aliphatic heterocycles. The lowest BCUT2D eigenvalue weighted by atomic mass is 10.4. The monoisotopic (exact) mass is 280 g/mol. The highest BCUT2D eigenvalue weighted by atomic mass is 35.5. The second kappa shape index (κ2) is 5.63. The lowest BCUT2D eigenvalue weighted by Crippen LogP contribution is -2.31. The number of anilines is 1. The molecule has 1 aromatic heterocycles. The second-order valence-corrected chi connectivity index (χ2v) is 5.88. The summed E-state index contributed by atoms with van der Waals surface area (Å²) >= 11 is 6.05. The van der Waals surface area contributed by atoms with E-state index in [-0.39, 0.29) is 0 Å². The quantitative estimate of drug-likeness (QED) is 0.780. The number of rotatable bonds is 7. The van der Waals surface area contributed by atoms with Crippen LogP contribution in [0.3, 0.4) is 0 Å². The Morgan fingerprint density at radius 2 is 2.11 bits per heavy atom. The molecule has 5 heteroatoms. The molecule has 0 aromatic carbocycles. The van der Waals surface area contributed by atoms with Crippen molar-refractivity contribution in [1.29, 1.82) is 0 Å². The molecule has 1 heterocycles. The highest BCUT2D eigenvalue weighted by Crippen LogP contribution is 2.38. The Kier molecular flexibility index (Phi) is 3.89. The molecule has 2 fully saturated rings. The van der Waals surface area contributed by atoms with Crippen molar-refractivity contribution in [2.75, 3.05) is 25.0 Å². The Morgan fingerprint density at radius 1 is 1.32 bits per heavy atom. The number of hydrogen-bond acceptors (Lipinski definition) is 4. The maximum absolute atomic E-state index is 6.05. The van der Waals surface area contributed by atoms with E-state index < -0.39 is 0 Å². The van der Waals surface area contributed by atoms with Crippen molar-refractivity contribution in [3.8, 4) is 0 Å². The predicted octanol–water partition coefficient (Wildman–Crippen LogP) is 2.90. The van der Waals surface area contributed by atoms with Gasteiger partial charge < -0.3 is 5.32 Å². The Morgan fingerprint density at radius 3 is 2.74 bits per heavy atom. The fourth-order valence-corrected chi connectivity index (χ4v) is 2.61. The maximum atomic E-state index is 6.05. The zero-order valence-corrected chi connectivity index (χ0v) is 12.2. The van der Waals surface area contributed by atoms with Crippen molar-refractivity contribution in [3.63, 3.8) is 0 Å². The highest BCUT2D eigenvalue weighted by molar-refractivity contribution is 6.29. The fourth-order valence-electron chi connectivity index (χ4n) is 2.42. The van der Waals surface area contributed by atoms with Gasteiger partial charge in [0.25, 0.3) is 0 Å². The van der Waals surface area contributed by atoms with E-state index in [2.05, 4.69) is 27.1 Å². The van der Waals surface area contributed by atoms with Gasteiger partial charge in [-0.3, -0.25) is 4.90 Å². The SMILES string of the molecule is CCN(CCNc1cc(Cl)nc(C2CC2)n1)C1CC1. The fraction of sp³-hybridized carbons (Fsp3) is 0.714. The van der Waals surface area contributed by atoms with Crippen LogP contribution in [0.5, 0.6) is 0 Å². The average Bonchev–Trinajstić information content (AvgIpc) is 3.28. The first-order chi connectivity index (χ1) is 9.26. The van der Waals surface area contributed by atoms with E-state index in [1.807, 2.05) is 6.07 Å². The van der Waals surface area contributed by atoms with Crippen LogP contribution in [-0.2, 0) is 0 Å². The molecular weight excluding hydrogens is 260 g/mol. The highest BCUT2D eigenvalue weighted by Gasteiger charge is 2.28. The van der Waals surface area contributed by atoms with Crippen LogP contribution in [0.25, 0.3) is 0 Å². The van der Waals surface area contributed by atoms with E-state index in [0.717, 1.165) is 37.3 Å². The summed E-state index contributed by atoms with van der Waals surface area (Å²) in [6.45, 7) is 5.35. The van der Waals surface area contributed by atoms with E-state index in [4.69, 9.17) is 11.6 Å². The number of nitrogens with one attached hydrogen (secondary N) is 1. The van der Waals surface area contributed by atoms with Gasteiger partial charge in [0.05, 0.1) is 0 Å². The molecule has 0 unspecified atom stereocenters. The van der Waals surface area contributed by atoms with Gasteiger partial charge in [-0.1, -0.05) is 18.5 Å². The van der Waals surface area contributed by atoms with Crippen molar-refractivity contribution >= 4 is 17.4 Å². The molecule has 4 nitrogen and oxygen atoms in total. The third kappa shape index (κ3) is 3.57. The van der Waals surface area contributed by atoms with Crippen LogP contribution in [0.15, 0.2) is 6.07 Å². The molecule has 2 aliphatic carbocycles. The molecule has 19 heavy (non-hydrogen) atoms. The van der Waals surface area contributed by atoms with Gasteiger partial charge in [-0.05, 0) is 32.2 Å². The Balaban J connectivity index is 1.53. The first kappa shape index (κ1) is 13.1. The van der Waals surface area contributed by atoms with E-state index >= 15 is 0 Å². The Hall–Kier alpha value is -0.870. The van der Waals surface area contributed by atoms with Gasteiger partial charge in [-0.25, -0.2) is 9.97 Å². The van der Waals surface area contributed by atoms with E-state index in [9.17, 15) is 0 Å². The molecule has 0 saturated heterocycles. The number of aromatic nitrogens is 2. The molecule has 1 N–H and O–H groups in total. The van der Waals surface area contributed by atoms with Crippen molar-refractivity contribution in [3.05, 3.63) is 17.0 Å². The number of nitrogens with zero attached hydrogens (tertiary/aromatic N) is 3. The van der Waals surface area contributed by atoms with Gasteiger partial charge in [0.1, 0.15) is 16.8 Å². The molecule has 2 saturated carbocycles. The maximum Gasteiger partial charge on any atom is 0.135 e. The summed E-state index contributed by atoms with van der Waals surface area (Å²) < 4.78 is 0. The Labute approximate surface area is 119 Å². The van der Waals surface area contributed by atoms with Crippen molar-refractivity contribution < 1.29 is 0 Å². The minimum absolute atomic E-state index is 0.540. The number of likely N-dealkylation sites (N-methyl/N-ethyl adjacent to an activating group) is 1. The van der Waals surface area contributed by atoms with Crippen LogP contribution in [0.2, 0.25) is 5.15 Å². The van der Waals surface area contributed by atoms with Crippen LogP contribution >= 0.6 is 11.6 Å². The summed E-state index contributed by atoms with van der Waals surface area (Å²) in [5, 5.41) is 3.93. The average molecular weight is 281 g/mol. The first-order valence-corrected chi connectivity index (χ1v) is 7.66. The summed E-state index contributed by atoms with van der Waals surface area (Å²) in [5.41, 5.74) is 0. The second-order valence-electron chi connectivity index (χ2n) is 5.49. The van der Waals surface area contributed by atoms with Gasteiger partial charge in [-0.15, -0.1) is 0 Å². The molecule has 104 valence electrons. The van der Waals surface area contributed by atoms with Crippen molar-refractivity contribution in [1.82, 2.24) is 14.9 Å². The Bertz CT molecular complexity index is 443. The molecular formula is C14H21ClN4. The molecule has 3 rings (SSSR count). The van der Waals surface area contributed by atoms with Crippen LogP contribution in [0.1, 0.15) is 44.3 Å². The van der Waals surface area contributed by atoms with Crippen LogP contribution in [0, 0.1) is 0 Å². The zero-order valence-electron chi connectivity index (χ0n) is 11.4. The van der Waals surface area contributed by atoms with Gasteiger partial charge in [0.15, 0.2) is 0 Å². The van der Waals surface area contributed by atoms with Crippen molar-refractivity contribution in [2.45, 2.75) is 44.6 Å². The summed E-state index contributed by atoms with van der Waals surface area (Å²) in [6, 6.07) is 2.64. The van der Waals surface area contributed by atoms with E-state index in [1.54, 1.807) is 0 Å². The third-order valence-corrected chi connectivity index (χ3v) is 4.02. The largest absolute Gasteiger partial charge is 0.369 e. The standard InChI is InChI=1S/C14H21ClN4/c1-2-19(11-5-6-11)8-7-16-13-9-12(15)17-14(18-13)10-3-4-10/h9-11H,2-8H2,1H3,(H,16,17,18). The van der Waals surface area contributed by atoms with E-state index in [0.29, 0.717) is 11.1 Å². The molecule has 0 radical (unpaired) electrons. The topological polar surface area (TPSA) is 41.0 Å². The summed E-state index contributed by atoms with van der Waals surface area (Å²) in [7, 11) is 0. The summed E-state index contributed by atoms with van der Waals surface area (Å²) in [6.07, 6.45) is 5.12. The minimum atomic E-state index is 0.540. The normalized spacial score (nSPS) is 18.9. The molecule has 0 spiro atoms. The van der Waals surface area contributed by atoms with Crippen LogP contribution < -0.4 is 5.32 Å². The zero-order chi connectivity index (χ0) is 13.2. The van der Waals surface area contributed by atoms with Gasteiger partial charge in [0, 0.05) is 31.1 Å². The molecule has 1 aromatic rings. The molecule has 2 aliphatic rings. The summed E-state index contributed by atoms with van der Waals surface area (Å²) in [5.74, 6) is 2.32. The molecule has 0 amide bonds. The predicted molar refractivity (Wildman–Crippen MR) is 77.8 cm³/mol. The van der Waals surface area contributed by atoms with Crippen LogP contribution in [-0.4, -0.2) is 40.5 Å². The lowest BCUT2D eigenvalue weighted by Gasteiger charge is -2.20. The van der Waals surface area contributed by atoms with Gasteiger partial charge >= 0.3 is 0 Å².